The first kappa shape index (κ1) is 16.6. The van der Waals surface area contributed by atoms with Gasteiger partial charge in [-0.05, 0) is 42.7 Å². The van der Waals surface area contributed by atoms with E-state index in [1.165, 1.54) is 0 Å². The molecule has 1 atom stereocenters. The van der Waals surface area contributed by atoms with Gasteiger partial charge in [-0.3, -0.25) is 9.59 Å². The standard InChI is InChI=1S/C18H19ClN2O3/c19-14-7-5-13(6-8-14)12-20-18(23)16-4-1-9-21(16)17(22)11-15-3-2-10-24-15/h2-3,5-8,10,16H,1,4,9,11-12H2,(H,20,23). The fraction of sp³-hybridized carbons (Fsp3) is 0.333. The van der Waals surface area contributed by atoms with Crippen molar-refractivity contribution in [2.45, 2.75) is 31.8 Å². The average molecular weight is 347 g/mol. The topological polar surface area (TPSA) is 62.6 Å². The molecule has 2 heterocycles. The molecule has 1 fully saturated rings. The minimum absolute atomic E-state index is 0.0749. The molecule has 5 nitrogen and oxygen atoms in total. The zero-order chi connectivity index (χ0) is 16.9. The maximum Gasteiger partial charge on any atom is 0.243 e. The highest BCUT2D eigenvalue weighted by Gasteiger charge is 2.33. The van der Waals surface area contributed by atoms with E-state index in [2.05, 4.69) is 5.32 Å². The van der Waals surface area contributed by atoms with Gasteiger partial charge in [-0.2, -0.15) is 0 Å². The van der Waals surface area contributed by atoms with Gasteiger partial charge < -0.3 is 14.6 Å². The summed E-state index contributed by atoms with van der Waals surface area (Å²) in [6, 6.07) is 10.4. The molecule has 1 aliphatic heterocycles. The predicted molar refractivity (Wildman–Crippen MR) is 90.4 cm³/mol. The van der Waals surface area contributed by atoms with E-state index >= 15 is 0 Å². The van der Waals surface area contributed by atoms with E-state index in [-0.39, 0.29) is 18.2 Å². The number of carbonyl (C=O) groups is 2. The maximum absolute atomic E-state index is 12.4. The van der Waals surface area contributed by atoms with Crippen molar-refractivity contribution >= 4 is 23.4 Å². The van der Waals surface area contributed by atoms with Gasteiger partial charge in [0.05, 0.1) is 12.7 Å². The Bertz CT molecular complexity index is 698. The highest BCUT2D eigenvalue weighted by Crippen LogP contribution is 2.19. The summed E-state index contributed by atoms with van der Waals surface area (Å²) >= 11 is 5.85. The van der Waals surface area contributed by atoms with E-state index in [0.717, 1.165) is 12.0 Å². The Balaban J connectivity index is 1.56. The van der Waals surface area contributed by atoms with Crippen molar-refractivity contribution in [3.8, 4) is 0 Å². The van der Waals surface area contributed by atoms with Gasteiger partial charge in [0.2, 0.25) is 11.8 Å². The number of halogens is 1. The van der Waals surface area contributed by atoms with Crippen molar-refractivity contribution < 1.29 is 14.0 Å². The number of nitrogens with one attached hydrogen (secondary N) is 1. The molecule has 0 saturated carbocycles. The summed E-state index contributed by atoms with van der Waals surface area (Å²) in [6.45, 7) is 1.03. The average Bonchev–Trinajstić information content (AvgIpc) is 3.25. The van der Waals surface area contributed by atoms with Gasteiger partial charge in [-0.25, -0.2) is 0 Å². The van der Waals surface area contributed by atoms with E-state index < -0.39 is 6.04 Å². The Labute approximate surface area is 145 Å². The van der Waals surface area contributed by atoms with Crippen LogP contribution in [0.4, 0.5) is 0 Å². The Morgan fingerprint density at radius 2 is 2.04 bits per heavy atom. The zero-order valence-electron chi connectivity index (χ0n) is 13.2. The van der Waals surface area contributed by atoms with Crippen molar-refractivity contribution in [1.29, 1.82) is 0 Å². The highest BCUT2D eigenvalue weighted by molar-refractivity contribution is 6.30. The Kier molecular flexibility index (Phi) is 5.20. The van der Waals surface area contributed by atoms with Crippen molar-refractivity contribution in [1.82, 2.24) is 10.2 Å². The molecule has 1 aromatic heterocycles. The molecule has 3 rings (SSSR count). The molecule has 1 aromatic carbocycles. The molecule has 0 radical (unpaired) electrons. The molecule has 1 unspecified atom stereocenters. The third kappa shape index (κ3) is 3.97. The van der Waals surface area contributed by atoms with E-state index in [0.29, 0.717) is 30.3 Å². The number of hydrogen-bond donors (Lipinski definition) is 1. The van der Waals surface area contributed by atoms with Crippen molar-refractivity contribution in [3.05, 3.63) is 59.0 Å². The van der Waals surface area contributed by atoms with Gasteiger partial charge in [0, 0.05) is 18.1 Å². The van der Waals surface area contributed by atoms with Crippen molar-refractivity contribution in [2.24, 2.45) is 0 Å². The monoisotopic (exact) mass is 346 g/mol. The summed E-state index contributed by atoms with van der Waals surface area (Å²) in [4.78, 5) is 26.5. The Morgan fingerprint density at radius 1 is 1.25 bits per heavy atom. The SMILES string of the molecule is O=C(NCc1ccc(Cl)cc1)C1CCCN1C(=O)Cc1ccco1. The van der Waals surface area contributed by atoms with Crippen LogP contribution in [0.5, 0.6) is 0 Å². The number of carbonyl (C=O) groups excluding carboxylic acids is 2. The van der Waals surface area contributed by atoms with Crippen molar-refractivity contribution in [3.63, 3.8) is 0 Å². The molecular weight excluding hydrogens is 328 g/mol. The smallest absolute Gasteiger partial charge is 0.243 e. The lowest BCUT2D eigenvalue weighted by Gasteiger charge is -2.23. The minimum Gasteiger partial charge on any atom is -0.469 e. The largest absolute Gasteiger partial charge is 0.469 e. The van der Waals surface area contributed by atoms with Gasteiger partial charge >= 0.3 is 0 Å². The quantitative estimate of drug-likeness (QED) is 0.905. The van der Waals surface area contributed by atoms with Crippen LogP contribution in [0.3, 0.4) is 0 Å². The second-order valence-electron chi connectivity index (χ2n) is 5.85. The minimum atomic E-state index is -0.403. The molecule has 126 valence electrons. The van der Waals surface area contributed by atoms with Gasteiger partial charge in [0.15, 0.2) is 0 Å². The van der Waals surface area contributed by atoms with Crippen LogP contribution in [0.1, 0.15) is 24.2 Å². The van der Waals surface area contributed by atoms with Crippen LogP contribution in [0, 0.1) is 0 Å². The Morgan fingerprint density at radius 3 is 2.75 bits per heavy atom. The number of rotatable bonds is 5. The zero-order valence-corrected chi connectivity index (χ0v) is 14.0. The van der Waals surface area contributed by atoms with Crippen LogP contribution >= 0.6 is 11.6 Å². The number of amides is 2. The van der Waals surface area contributed by atoms with Gasteiger partial charge in [-0.1, -0.05) is 23.7 Å². The summed E-state index contributed by atoms with van der Waals surface area (Å²) < 4.78 is 5.22. The second kappa shape index (κ2) is 7.53. The summed E-state index contributed by atoms with van der Waals surface area (Å²) in [5.41, 5.74) is 0.971. The van der Waals surface area contributed by atoms with Gasteiger partial charge in [0.25, 0.3) is 0 Å². The highest BCUT2D eigenvalue weighted by atomic mass is 35.5. The van der Waals surface area contributed by atoms with Gasteiger partial charge in [-0.15, -0.1) is 0 Å². The predicted octanol–water partition coefficient (Wildman–Crippen LogP) is 2.78. The molecule has 1 aliphatic rings. The third-order valence-corrected chi connectivity index (χ3v) is 4.41. The van der Waals surface area contributed by atoms with Crippen LogP contribution in [-0.2, 0) is 22.6 Å². The lowest BCUT2D eigenvalue weighted by Crippen LogP contribution is -2.46. The molecule has 2 amide bonds. The first-order valence-corrected chi connectivity index (χ1v) is 8.35. The van der Waals surface area contributed by atoms with E-state index in [1.807, 2.05) is 12.1 Å². The number of likely N-dealkylation sites (tertiary alicyclic amines) is 1. The molecular formula is C18H19ClN2O3. The van der Waals surface area contributed by atoms with E-state index in [9.17, 15) is 9.59 Å². The molecule has 24 heavy (non-hydrogen) atoms. The molecule has 0 aliphatic carbocycles. The van der Waals surface area contributed by atoms with Crippen LogP contribution in [0.2, 0.25) is 5.02 Å². The summed E-state index contributed by atoms with van der Waals surface area (Å²) in [6.07, 6.45) is 3.26. The number of benzene rings is 1. The normalized spacial score (nSPS) is 17.0. The van der Waals surface area contributed by atoms with Crippen LogP contribution in [0.25, 0.3) is 0 Å². The third-order valence-electron chi connectivity index (χ3n) is 4.16. The summed E-state index contributed by atoms with van der Waals surface area (Å²) in [5, 5.41) is 3.57. The fourth-order valence-electron chi connectivity index (χ4n) is 2.91. The summed E-state index contributed by atoms with van der Waals surface area (Å²) in [5.74, 6) is 0.427. The summed E-state index contributed by atoms with van der Waals surface area (Å²) in [7, 11) is 0. The number of nitrogens with zero attached hydrogens (tertiary/aromatic N) is 1. The number of hydrogen-bond acceptors (Lipinski definition) is 3. The van der Waals surface area contributed by atoms with Crippen LogP contribution in [0.15, 0.2) is 47.1 Å². The first-order chi connectivity index (χ1) is 11.6. The van der Waals surface area contributed by atoms with Crippen LogP contribution < -0.4 is 5.32 Å². The molecule has 1 N–H and O–H groups in total. The second-order valence-corrected chi connectivity index (χ2v) is 6.28. The lowest BCUT2D eigenvalue weighted by atomic mass is 10.1. The van der Waals surface area contributed by atoms with E-state index in [4.69, 9.17) is 16.0 Å². The van der Waals surface area contributed by atoms with E-state index in [1.54, 1.807) is 35.4 Å². The molecule has 1 saturated heterocycles. The van der Waals surface area contributed by atoms with Crippen LogP contribution in [-0.4, -0.2) is 29.3 Å². The maximum atomic E-state index is 12.4. The lowest BCUT2D eigenvalue weighted by molar-refractivity contribution is -0.138. The fourth-order valence-corrected chi connectivity index (χ4v) is 3.04. The molecule has 6 heteroatoms. The molecule has 2 aromatic rings. The first-order valence-electron chi connectivity index (χ1n) is 7.97. The number of furan rings is 1. The molecule has 0 spiro atoms. The van der Waals surface area contributed by atoms with Gasteiger partial charge in [0.1, 0.15) is 11.8 Å². The molecule has 0 bridgehead atoms. The Hall–Kier alpha value is -2.27. The van der Waals surface area contributed by atoms with Crippen molar-refractivity contribution in [2.75, 3.05) is 6.54 Å².